The minimum Gasteiger partial charge on any atom is -0.497 e. The first kappa shape index (κ1) is 11.0. The van der Waals surface area contributed by atoms with Gasteiger partial charge in [0.1, 0.15) is 11.9 Å². The molecule has 2 unspecified atom stereocenters. The molecule has 2 atom stereocenters. The van der Waals surface area contributed by atoms with E-state index in [1.54, 1.807) is 7.11 Å². The van der Waals surface area contributed by atoms with Crippen molar-refractivity contribution in [2.75, 3.05) is 20.3 Å². The lowest BCUT2D eigenvalue weighted by molar-refractivity contribution is -0.156. The number of rotatable bonds is 3. The van der Waals surface area contributed by atoms with Gasteiger partial charge < -0.3 is 19.9 Å². The summed E-state index contributed by atoms with van der Waals surface area (Å²) in [6.45, 7) is 1.39. The molecule has 0 radical (unpaired) electrons. The van der Waals surface area contributed by atoms with Gasteiger partial charge in [-0.15, -0.1) is 0 Å². The van der Waals surface area contributed by atoms with Crippen molar-refractivity contribution >= 4 is 0 Å². The lowest BCUT2D eigenvalue weighted by atomic mass is 10.1. The highest BCUT2D eigenvalue weighted by atomic mass is 16.6. The van der Waals surface area contributed by atoms with Crippen LogP contribution in [0.4, 0.5) is 0 Å². The van der Waals surface area contributed by atoms with Crippen LogP contribution in [0.1, 0.15) is 17.2 Å². The zero-order chi connectivity index (χ0) is 11.8. The predicted molar refractivity (Wildman–Crippen MR) is 63.1 cm³/mol. The predicted octanol–water partition coefficient (Wildman–Crippen LogP) is 1.04. The van der Waals surface area contributed by atoms with Gasteiger partial charge in [-0.1, -0.05) is 6.07 Å². The van der Waals surface area contributed by atoms with Gasteiger partial charge in [0.25, 0.3) is 0 Å². The second-order valence-electron chi connectivity index (χ2n) is 4.63. The Kier molecular flexibility index (Phi) is 2.78. The summed E-state index contributed by atoms with van der Waals surface area (Å²) in [4.78, 5) is 0. The molecule has 1 aliphatic carbocycles. The number of benzene rings is 1. The SMILES string of the molecule is COc1ccc2c(c1)C(N)C(OC1COC1)C2. The molecule has 2 N–H and O–H groups in total. The molecular weight excluding hydrogens is 218 g/mol. The van der Waals surface area contributed by atoms with Crippen molar-refractivity contribution in [2.45, 2.75) is 24.7 Å². The quantitative estimate of drug-likeness (QED) is 0.850. The van der Waals surface area contributed by atoms with Crippen LogP contribution in [0.2, 0.25) is 0 Å². The van der Waals surface area contributed by atoms with Crippen LogP contribution in [-0.2, 0) is 15.9 Å². The third-order valence-electron chi connectivity index (χ3n) is 3.51. The molecule has 3 rings (SSSR count). The van der Waals surface area contributed by atoms with Crippen LogP contribution in [0.3, 0.4) is 0 Å². The molecule has 0 spiro atoms. The summed E-state index contributed by atoms with van der Waals surface area (Å²) in [7, 11) is 1.67. The fourth-order valence-corrected chi connectivity index (χ4v) is 2.41. The molecule has 0 bridgehead atoms. The molecule has 1 heterocycles. The Hall–Kier alpha value is -1.10. The van der Waals surface area contributed by atoms with E-state index >= 15 is 0 Å². The smallest absolute Gasteiger partial charge is 0.119 e. The maximum Gasteiger partial charge on any atom is 0.119 e. The molecule has 0 saturated carbocycles. The van der Waals surface area contributed by atoms with E-state index in [-0.39, 0.29) is 18.2 Å². The fraction of sp³-hybridized carbons (Fsp3) is 0.538. The first-order valence-corrected chi connectivity index (χ1v) is 5.93. The normalized spacial score (nSPS) is 27.6. The summed E-state index contributed by atoms with van der Waals surface area (Å²) in [6.07, 6.45) is 1.19. The maximum atomic E-state index is 6.22. The van der Waals surface area contributed by atoms with E-state index in [0.29, 0.717) is 13.2 Å². The lowest BCUT2D eigenvalue weighted by Gasteiger charge is -2.30. The van der Waals surface area contributed by atoms with Crippen LogP contribution in [-0.4, -0.2) is 32.5 Å². The van der Waals surface area contributed by atoms with Gasteiger partial charge in [-0.25, -0.2) is 0 Å². The van der Waals surface area contributed by atoms with Crippen molar-refractivity contribution in [2.24, 2.45) is 5.73 Å². The van der Waals surface area contributed by atoms with Gasteiger partial charge in [-0.05, 0) is 23.3 Å². The highest BCUT2D eigenvalue weighted by Crippen LogP contribution is 2.35. The zero-order valence-electron chi connectivity index (χ0n) is 9.89. The van der Waals surface area contributed by atoms with Crippen LogP contribution < -0.4 is 10.5 Å². The number of hydrogen-bond acceptors (Lipinski definition) is 4. The molecule has 17 heavy (non-hydrogen) atoms. The Bertz CT molecular complexity index is 417. The second kappa shape index (κ2) is 4.29. The highest BCUT2D eigenvalue weighted by molar-refractivity contribution is 5.42. The summed E-state index contributed by atoms with van der Waals surface area (Å²) < 4.78 is 16.3. The van der Waals surface area contributed by atoms with Crippen molar-refractivity contribution in [3.8, 4) is 5.75 Å². The van der Waals surface area contributed by atoms with Crippen LogP contribution in [0.15, 0.2) is 18.2 Å². The maximum absolute atomic E-state index is 6.22. The summed E-state index contributed by atoms with van der Waals surface area (Å²) in [5, 5.41) is 0. The van der Waals surface area contributed by atoms with Gasteiger partial charge in [0.2, 0.25) is 0 Å². The minimum absolute atomic E-state index is 0.0549. The van der Waals surface area contributed by atoms with Crippen molar-refractivity contribution in [1.82, 2.24) is 0 Å². The molecule has 0 amide bonds. The molecule has 1 aliphatic heterocycles. The third-order valence-corrected chi connectivity index (χ3v) is 3.51. The third kappa shape index (κ3) is 1.92. The molecule has 1 aromatic rings. The first-order valence-electron chi connectivity index (χ1n) is 5.93. The summed E-state index contributed by atoms with van der Waals surface area (Å²) >= 11 is 0. The summed E-state index contributed by atoms with van der Waals surface area (Å²) in [5.41, 5.74) is 8.63. The molecule has 0 aromatic heterocycles. The molecule has 1 fully saturated rings. The van der Waals surface area contributed by atoms with Gasteiger partial charge in [0, 0.05) is 6.42 Å². The Labute approximate surface area is 101 Å². The van der Waals surface area contributed by atoms with Gasteiger partial charge in [0.05, 0.1) is 32.5 Å². The van der Waals surface area contributed by atoms with E-state index in [2.05, 4.69) is 6.07 Å². The molecule has 2 aliphatic rings. The Balaban J connectivity index is 1.76. The number of hydrogen-bond donors (Lipinski definition) is 1. The van der Waals surface area contributed by atoms with Gasteiger partial charge in [-0.3, -0.25) is 0 Å². The van der Waals surface area contributed by atoms with Crippen LogP contribution >= 0.6 is 0 Å². The first-order chi connectivity index (χ1) is 8.28. The van der Waals surface area contributed by atoms with Crippen molar-refractivity contribution in [1.29, 1.82) is 0 Å². The number of methoxy groups -OCH3 is 1. The van der Waals surface area contributed by atoms with Crippen LogP contribution in [0.5, 0.6) is 5.75 Å². The monoisotopic (exact) mass is 235 g/mol. The van der Waals surface area contributed by atoms with Gasteiger partial charge >= 0.3 is 0 Å². The van der Waals surface area contributed by atoms with E-state index in [1.165, 1.54) is 5.56 Å². The van der Waals surface area contributed by atoms with E-state index in [0.717, 1.165) is 17.7 Å². The minimum atomic E-state index is -0.0549. The van der Waals surface area contributed by atoms with Gasteiger partial charge in [0.15, 0.2) is 0 Å². The number of fused-ring (bicyclic) bond motifs is 1. The average molecular weight is 235 g/mol. The Morgan fingerprint density at radius 3 is 2.82 bits per heavy atom. The molecule has 92 valence electrons. The van der Waals surface area contributed by atoms with Gasteiger partial charge in [-0.2, -0.15) is 0 Å². The molecular formula is C13H17NO3. The number of nitrogens with two attached hydrogens (primary N) is 1. The highest BCUT2D eigenvalue weighted by Gasteiger charge is 2.34. The van der Waals surface area contributed by atoms with Crippen LogP contribution in [0.25, 0.3) is 0 Å². The molecule has 4 nitrogen and oxygen atoms in total. The van der Waals surface area contributed by atoms with E-state index < -0.39 is 0 Å². The molecule has 1 aromatic carbocycles. The van der Waals surface area contributed by atoms with Crippen molar-refractivity contribution in [3.63, 3.8) is 0 Å². The summed E-state index contributed by atoms with van der Waals surface area (Å²) in [5.74, 6) is 0.854. The Morgan fingerprint density at radius 2 is 2.18 bits per heavy atom. The Morgan fingerprint density at radius 1 is 1.35 bits per heavy atom. The topological polar surface area (TPSA) is 53.7 Å². The van der Waals surface area contributed by atoms with E-state index in [4.69, 9.17) is 19.9 Å². The van der Waals surface area contributed by atoms with Crippen molar-refractivity contribution in [3.05, 3.63) is 29.3 Å². The lowest BCUT2D eigenvalue weighted by Crippen LogP contribution is -2.41. The van der Waals surface area contributed by atoms with E-state index in [9.17, 15) is 0 Å². The average Bonchev–Trinajstić information content (AvgIpc) is 2.61. The van der Waals surface area contributed by atoms with Crippen molar-refractivity contribution < 1.29 is 14.2 Å². The largest absolute Gasteiger partial charge is 0.497 e. The molecule has 4 heteroatoms. The second-order valence-corrected chi connectivity index (χ2v) is 4.63. The van der Waals surface area contributed by atoms with E-state index in [1.807, 2.05) is 12.1 Å². The number of ether oxygens (including phenoxy) is 3. The fourth-order valence-electron chi connectivity index (χ4n) is 2.41. The standard InChI is InChI=1S/C13H17NO3/c1-15-9-3-2-8-4-12(13(14)11(8)5-9)17-10-6-16-7-10/h2-3,5,10,12-13H,4,6-7,14H2,1H3. The zero-order valence-corrected chi connectivity index (χ0v) is 9.89. The summed E-state index contributed by atoms with van der Waals surface area (Å²) in [6, 6.07) is 6.01. The van der Waals surface area contributed by atoms with Crippen LogP contribution in [0, 0.1) is 0 Å². The molecule has 1 saturated heterocycles.